The van der Waals surface area contributed by atoms with Crippen molar-refractivity contribution in [2.24, 2.45) is 5.92 Å². The van der Waals surface area contributed by atoms with Crippen molar-refractivity contribution < 1.29 is 22.7 Å². The Morgan fingerprint density at radius 1 is 1.38 bits per heavy atom. The number of carboxylic acid groups (broad SMARTS) is 1. The van der Waals surface area contributed by atoms with Crippen molar-refractivity contribution in [3.63, 3.8) is 0 Å². The summed E-state index contributed by atoms with van der Waals surface area (Å²) >= 11 is 2.98. The minimum atomic E-state index is -3.81. The van der Waals surface area contributed by atoms with Gasteiger partial charge in [0.2, 0.25) is 10.0 Å². The molecule has 2 aliphatic heterocycles. The fourth-order valence-electron chi connectivity index (χ4n) is 3.34. The van der Waals surface area contributed by atoms with E-state index in [0.29, 0.717) is 19.3 Å². The number of nitrogens with zero attached hydrogens (tertiary/aromatic N) is 1. The Morgan fingerprint density at radius 2 is 2.10 bits per heavy atom. The van der Waals surface area contributed by atoms with E-state index in [0.717, 1.165) is 6.07 Å². The van der Waals surface area contributed by atoms with E-state index in [9.17, 15) is 22.7 Å². The molecule has 1 aromatic rings. The standard InChI is InChI=1S/C13H13BrFNO4S/c14-10-6-8(2-3-11(10)15)21(19,20)16-7-1-4-12(16)9(5-7)13(17)18/h2-3,6-7,9,12H,1,4-5H2,(H,17,18). The van der Waals surface area contributed by atoms with Gasteiger partial charge in [0.1, 0.15) is 5.82 Å². The van der Waals surface area contributed by atoms with Crippen LogP contribution >= 0.6 is 15.9 Å². The van der Waals surface area contributed by atoms with Crippen molar-refractivity contribution >= 4 is 31.9 Å². The van der Waals surface area contributed by atoms with Gasteiger partial charge in [-0.25, -0.2) is 12.8 Å². The molecule has 1 aromatic carbocycles. The van der Waals surface area contributed by atoms with E-state index >= 15 is 0 Å². The second-order valence-corrected chi connectivity index (χ2v) is 8.09. The predicted octanol–water partition coefficient (Wildman–Crippen LogP) is 2.21. The monoisotopic (exact) mass is 377 g/mol. The van der Waals surface area contributed by atoms with Crippen molar-refractivity contribution in [2.45, 2.75) is 36.2 Å². The van der Waals surface area contributed by atoms with Gasteiger partial charge in [-0.1, -0.05) is 0 Å². The fourth-order valence-corrected chi connectivity index (χ4v) is 5.81. The number of hydrogen-bond acceptors (Lipinski definition) is 3. The topological polar surface area (TPSA) is 74.7 Å². The zero-order chi connectivity index (χ0) is 15.4. The molecule has 5 nitrogen and oxygen atoms in total. The summed E-state index contributed by atoms with van der Waals surface area (Å²) in [4.78, 5) is 11.2. The first-order valence-electron chi connectivity index (χ1n) is 6.54. The number of aliphatic carboxylic acids is 1. The van der Waals surface area contributed by atoms with Crippen LogP contribution in [0.2, 0.25) is 0 Å². The quantitative estimate of drug-likeness (QED) is 0.875. The van der Waals surface area contributed by atoms with E-state index < -0.39 is 33.8 Å². The van der Waals surface area contributed by atoms with Gasteiger partial charge in [0.25, 0.3) is 0 Å². The third kappa shape index (κ3) is 2.29. The Balaban J connectivity index is 1.99. The molecule has 3 atom stereocenters. The third-order valence-electron chi connectivity index (χ3n) is 4.26. The summed E-state index contributed by atoms with van der Waals surface area (Å²) in [7, 11) is -3.81. The summed E-state index contributed by atoms with van der Waals surface area (Å²) in [6.07, 6.45) is 1.58. The minimum Gasteiger partial charge on any atom is -0.481 e. The number of carboxylic acids is 1. The molecule has 0 aromatic heterocycles. The van der Waals surface area contributed by atoms with Crippen molar-refractivity contribution in [3.8, 4) is 0 Å². The Morgan fingerprint density at radius 3 is 2.67 bits per heavy atom. The van der Waals surface area contributed by atoms with Crippen molar-refractivity contribution in [1.29, 1.82) is 0 Å². The summed E-state index contributed by atoms with van der Waals surface area (Å²) in [6.45, 7) is 0. The van der Waals surface area contributed by atoms with E-state index in [1.807, 2.05) is 0 Å². The molecule has 2 heterocycles. The van der Waals surface area contributed by atoms with Crippen molar-refractivity contribution in [1.82, 2.24) is 4.31 Å². The van der Waals surface area contributed by atoms with Crippen LogP contribution in [0.3, 0.4) is 0 Å². The first-order chi connectivity index (χ1) is 9.82. The van der Waals surface area contributed by atoms with Gasteiger partial charge in [-0.05, 0) is 53.4 Å². The van der Waals surface area contributed by atoms with Crippen LogP contribution in [0.15, 0.2) is 27.6 Å². The summed E-state index contributed by atoms with van der Waals surface area (Å²) in [5.74, 6) is -2.15. The molecule has 0 spiro atoms. The lowest BCUT2D eigenvalue weighted by molar-refractivity contribution is -0.142. The molecular formula is C13H13BrFNO4S. The fraction of sp³-hybridized carbons (Fsp3) is 0.462. The van der Waals surface area contributed by atoms with Crippen LogP contribution in [0, 0.1) is 11.7 Å². The van der Waals surface area contributed by atoms with Gasteiger partial charge >= 0.3 is 5.97 Å². The number of sulfonamides is 1. The van der Waals surface area contributed by atoms with Gasteiger partial charge in [-0.15, -0.1) is 0 Å². The highest BCUT2D eigenvalue weighted by atomic mass is 79.9. The largest absolute Gasteiger partial charge is 0.481 e. The highest BCUT2D eigenvalue weighted by molar-refractivity contribution is 9.10. The predicted molar refractivity (Wildman–Crippen MR) is 75.7 cm³/mol. The number of rotatable bonds is 3. The van der Waals surface area contributed by atoms with Crippen LogP contribution in [-0.4, -0.2) is 35.9 Å². The molecule has 2 saturated heterocycles. The van der Waals surface area contributed by atoms with Gasteiger partial charge in [0, 0.05) is 12.1 Å². The first kappa shape index (κ1) is 14.9. The van der Waals surface area contributed by atoms with Crippen LogP contribution in [0.1, 0.15) is 19.3 Å². The molecular weight excluding hydrogens is 365 g/mol. The number of benzene rings is 1. The van der Waals surface area contributed by atoms with Crippen LogP contribution in [0.25, 0.3) is 0 Å². The molecule has 0 saturated carbocycles. The van der Waals surface area contributed by atoms with E-state index in [1.165, 1.54) is 16.4 Å². The molecule has 2 aliphatic rings. The Labute approximate surface area is 129 Å². The molecule has 0 radical (unpaired) electrons. The van der Waals surface area contributed by atoms with Gasteiger partial charge in [-0.2, -0.15) is 4.31 Å². The maximum atomic E-state index is 13.3. The normalized spacial score (nSPS) is 29.0. The van der Waals surface area contributed by atoms with E-state index in [2.05, 4.69) is 15.9 Å². The van der Waals surface area contributed by atoms with Crippen molar-refractivity contribution in [2.75, 3.05) is 0 Å². The number of halogens is 2. The molecule has 3 rings (SSSR count). The highest BCUT2D eigenvalue weighted by Crippen LogP contribution is 2.45. The average molecular weight is 378 g/mol. The third-order valence-corrected chi connectivity index (χ3v) is 6.84. The molecule has 3 unspecified atom stereocenters. The Hall–Kier alpha value is -0.990. The Kier molecular flexibility index (Phi) is 3.58. The maximum absolute atomic E-state index is 13.3. The molecule has 1 N–H and O–H groups in total. The maximum Gasteiger partial charge on any atom is 0.308 e. The van der Waals surface area contributed by atoms with Gasteiger partial charge in [0.05, 0.1) is 15.3 Å². The van der Waals surface area contributed by atoms with Crippen LogP contribution in [0.4, 0.5) is 4.39 Å². The summed E-state index contributed by atoms with van der Waals surface area (Å²) in [6, 6.07) is 2.75. The molecule has 114 valence electrons. The summed E-state index contributed by atoms with van der Waals surface area (Å²) in [5, 5.41) is 9.19. The molecule has 0 aliphatic carbocycles. The van der Waals surface area contributed by atoms with Gasteiger partial charge < -0.3 is 5.11 Å². The zero-order valence-corrected chi connectivity index (χ0v) is 13.3. The number of carbonyl (C=O) groups is 1. The molecule has 2 fully saturated rings. The Bertz CT molecular complexity index is 708. The van der Waals surface area contributed by atoms with Crippen LogP contribution in [-0.2, 0) is 14.8 Å². The molecule has 2 bridgehead atoms. The van der Waals surface area contributed by atoms with Crippen LogP contribution in [0.5, 0.6) is 0 Å². The lowest BCUT2D eigenvalue weighted by atomic mass is 9.89. The number of hydrogen-bond donors (Lipinski definition) is 1. The first-order valence-corrected chi connectivity index (χ1v) is 8.77. The summed E-state index contributed by atoms with van der Waals surface area (Å²) < 4.78 is 40.1. The average Bonchev–Trinajstić information content (AvgIpc) is 3.00. The molecule has 0 amide bonds. The van der Waals surface area contributed by atoms with Crippen molar-refractivity contribution in [3.05, 3.63) is 28.5 Å². The molecule has 8 heteroatoms. The lowest BCUT2D eigenvalue weighted by Gasteiger charge is -2.22. The second-order valence-electron chi connectivity index (χ2n) is 5.39. The van der Waals surface area contributed by atoms with Gasteiger partial charge in [-0.3, -0.25) is 4.79 Å². The number of fused-ring (bicyclic) bond motifs is 2. The van der Waals surface area contributed by atoms with E-state index in [1.54, 1.807) is 0 Å². The molecule has 21 heavy (non-hydrogen) atoms. The summed E-state index contributed by atoms with van der Waals surface area (Å²) in [5.41, 5.74) is 0. The lowest BCUT2D eigenvalue weighted by Crippen LogP contribution is -2.37. The smallest absolute Gasteiger partial charge is 0.308 e. The minimum absolute atomic E-state index is 0.0151. The zero-order valence-electron chi connectivity index (χ0n) is 10.9. The van der Waals surface area contributed by atoms with E-state index in [4.69, 9.17) is 0 Å². The van der Waals surface area contributed by atoms with E-state index in [-0.39, 0.29) is 15.4 Å². The highest BCUT2D eigenvalue weighted by Gasteiger charge is 2.54. The van der Waals surface area contributed by atoms with Crippen LogP contribution < -0.4 is 0 Å². The van der Waals surface area contributed by atoms with Gasteiger partial charge in [0.15, 0.2) is 0 Å². The second kappa shape index (κ2) is 5.03. The SMILES string of the molecule is O=C(O)C1CC2CCC1N2S(=O)(=O)c1ccc(F)c(Br)c1.